The molecule has 0 radical (unpaired) electrons. The van der Waals surface area contributed by atoms with Gasteiger partial charge in [0.1, 0.15) is 0 Å². The van der Waals surface area contributed by atoms with E-state index >= 15 is 0 Å². The average Bonchev–Trinajstić information content (AvgIpc) is 2.15. The van der Waals surface area contributed by atoms with E-state index in [1.165, 1.54) is 5.57 Å². The van der Waals surface area contributed by atoms with Gasteiger partial charge in [-0.2, -0.15) is 0 Å². The maximum atomic E-state index is 5.65. The summed E-state index contributed by atoms with van der Waals surface area (Å²) in [6.45, 7) is 16.1. The smallest absolute Gasteiger partial charge is 0.0276 e. The minimum Gasteiger partial charge on any atom is -0.399 e. The molecule has 0 bridgehead atoms. The van der Waals surface area contributed by atoms with Crippen molar-refractivity contribution in [2.75, 3.05) is 0 Å². The fourth-order valence-corrected chi connectivity index (χ4v) is 0.959. The van der Waals surface area contributed by atoms with Crippen LogP contribution in [0.2, 0.25) is 0 Å². The molecule has 0 saturated heterocycles. The summed E-state index contributed by atoms with van der Waals surface area (Å²) in [6.07, 6.45) is 4.15. The highest BCUT2D eigenvalue weighted by Crippen LogP contribution is 2.16. The number of hydrogen-bond acceptors (Lipinski definition) is 1. The molecule has 0 heterocycles. The van der Waals surface area contributed by atoms with Gasteiger partial charge >= 0.3 is 0 Å². The Morgan fingerprint density at radius 3 is 1.93 bits per heavy atom. The van der Waals surface area contributed by atoms with Crippen LogP contribution in [-0.4, -0.2) is 0 Å². The van der Waals surface area contributed by atoms with E-state index in [0.29, 0.717) is 11.6 Å². The van der Waals surface area contributed by atoms with E-state index in [1.807, 2.05) is 20.8 Å². The minimum atomic E-state index is 0.442. The van der Waals surface area contributed by atoms with Crippen molar-refractivity contribution in [2.45, 2.75) is 41.5 Å². The third kappa shape index (κ3) is 6.53. The zero-order valence-corrected chi connectivity index (χ0v) is 10.5. The summed E-state index contributed by atoms with van der Waals surface area (Å²) in [4.78, 5) is 0. The van der Waals surface area contributed by atoms with Gasteiger partial charge in [0, 0.05) is 5.70 Å². The third-order valence-corrected chi connectivity index (χ3v) is 1.83. The lowest BCUT2D eigenvalue weighted by Gasteiger charge is -2.10. The molecule has 0 aliphatic rings. The lowest BCUT2D eigenvalue weighted by molar-refractivity contribution is 0.774. The van der Waals surface area contributed by atoms with Crippen LogP contribution < -0.4 is 5.73 Å². The van der Waals surface area contributed by atoms with Crippen LogP contribution in [0.1, 0.15) is 41.5 Å². The zero-order chi connectivity index (χ0) is 11.7. The molecule has 2 N–H and O–H groups in total. The third-order valence-electron chi connectivity index (χ3n) is 1.83. The van der Waals surface area contributed by atoms with Gasteiger partial charge in [-0.15, -0.1) is 0 Å². The van der Waals surface area contributed by atoms with Crippen LogP contribution in [0, 0.1) is 5.92 Å². The van der Waals surface area contributed by atoms with Gasteiger partial charge in [0.05, 0.1) is 0 Å². The standard InChI is InChI=1S/C11H19N.C2H6/c1-6-9(4)7-11(8(2)3)10(5)12;1-2/h6-8H,5,12H2,1-4H3;1-2H3/b9-6-,11-7-;. The zero-order valence-electron chi connectivity index (χ0n) is 10.5. The second-order valence-electron chi connectivity index (χ2n) is 3.31. The topological polar surface area (TPSA) is 26.0 Å². The predicted molar refractivity (Wildman–Crippen MR) is 67.0 cm³/mol. The van der Waals surface area contributed by atoms with Crippen molar-refractivity contribution in [1.29, 1.82) is 0 Å². The molecule has 0 aliphatic heterocycles. The molecule has 0 aromatic carbocycles. The van der Waals surface area contributed by atoms with E-state index in [-0.39, 0.29) is 0 Å². The molecule has 0 spiro atoms. The van der Waals surface area contributed by atoms with Gasteiger partial charge in [-0.1, -0.05) is 52.0 Å². The quantitative estimate of drug-likeness (QED) is 0.676. The molecular formula is C13H25N. The average molecular weight is 195 g/mol. The number of rotatable bonds is 3. The van der Waals surface area contributed by atoms with Crippen LogP contribution in [-0.2, 0) is 0 Å². The highest BCUT2D eigenvalue weighted by molar-refractivity contribution is 5.34. The van der Waals surface area contributed by atoms with Crippen LogP contribution in [0.25, 0.3) is 0 Å². The first-order valence-electron chi connectivity index (χ1n) is 5.28. The summed E-state index contributed by atoms with van der Waals surface area (Å²) in [5, 5.41) is 0. The lowest BCUT2D eigenvalue weighted by atomic mass is 9.98. The molecule has 82 valence electrons. The molecule has 1 nitrogen and oxygen atoms in total. The highest BCUT2D eigenvalue weighted by Gasteiger charge is 2.03. The predicted octanol–water partition coefficient (Wildman–Crippen LogP) is 4.03. The van der Waals surface area contributed by atoms with Crippen molar-refractivity contribution < 1.29 is 0 Å². The summed E-state index contributed by atoms with van der Waals surface area (Å²) in [5.41, 5.74) is 8.68. The molecule has 1 heteroatoms. The summed E-state index contributed by atoms with van der Waals surface area (Å²) in [5.74, 6) is 0.442. The SMILES string of the molecule is C=C(N)/C(=C\C(C)=C/C)C(C)C.CC. The Morgan fingerprint density at radius 1 is 1.29 bits per heavy atom. The molecule has 0 atom stereocenters. The molecule has 0 rings (SSSR count). The Morgan fingerprint density at radius 2 is 1.71 bits per heavy atom. The Hall–Kier alpha value is -0.980. The maximum Gasteiger partial charge on any atom is 0.0276 e. The summed E-state index contributed by atoms with van der Waals surface area (Å²) >= 11 is 0. The maximum absolute atomic E-state index is 5.65. The van der Waals surface area contributed by atoms with Crippen LogP contribution in [0.4, 0.5) is 0 Å². The molecule has 0 unspecified atom stereocenters. The van der Waals surface area contributed by atoms with E-state index in [0.717, 1.165) is 5.57 Å². The molecule has 0 saturated carbocycles. The molecule has 14 heavy (non-hydrogen) atoms. The Labute approximate surface area is 89.4 Å². The first-order valence-corrected chi connectivity index (χ1v) is 5.28. The molecule has 0 fully saturated rings. The van der Waals surface area contributed by atoms with Crippen LogP contribution >= 0.6 is 0 Å². The van der Waals surface area contributed by atoms with Crippen LogP contribution in [0.15, 0.2) is 35.6 Å². The second-order valence-corrected chi connectivity index (χ2v) is 3.31. The van der Waals surface area contributed by atoms with Gasteiger partial charge < -0.3 is 5.73 Å². The minimum absolute atomic E-state index is 0.442. The summed E-state index contributed by atoms with van der Waals surface area (Å²) in [7, 11) is 0. The molecule has 0 aliphatic carbocycles. The van der Waals surface area contributed by atoms with Crippen LogP contribution in [0.5, 0.6) is 0 Å². The highest BCUT2D eigenvalue weighted by atomic mass is 14.6. The van der Waals surface area contributed by atoms with Crippen molar-refractivity contribution in [1.82, 2.24) is 0 Å². The first kappa shape index (κ1) is 15.5. The fourth-order valence-electron chi connectivity index (χ4n) is 0.959. The van der Waals surface area contributed by atoms with E-state index in [1.54, 1.807) is 0 Å². The molecular weight excluding hydrogens is 170 g/mol. The van der Waals surface area contributed by atoms with E-state index < -0.39 is 0 Å². The Bertz CT molecular complexity index is 219. The van der Waals surface area contributed by atoms with Gasteiger partial charge in [0.25, 0.3) is 0 Å². The molecule has 0 aromatic heterocycles. The normalized spacial score (nSPS) is 12.2. The van der Waals surface area contributed by atoms with E-state index in [4.69, 9.17) is 5.73 Å². The van der Waals surface area contributed by atoms with Crippen molar-refractivity contribution in [3.63, 3.8) is 0 Å². The van der Waals surface area contributed by atoms with Gasteiger partial charge in [-0.25, -0.2) is 0 Å². The summed E-state index contributed by atoms with van der Waals surface area (Å²) < 4.78 is 0. The van der Waals surface area contributed by atoms with Gasteiger partial charge in [0.2, 0.25) is 0 Å². The fraction of sp³-hybridized carbons (Fsp3) is 0.538. The Balaban J connectivity index is 0. The van der Waals surface area contributed by atoms with E-state index in [2.05, 4.69) is 39.5 Å². The number of allylic oxidation sites excluding steroid dienone is 4. The van der Waals surface area contributed by atoms with Gasteiger partial charge in [0.15, 0.2) is 0 Å². The summed E-state index contributed by atoms with van der Waals surface area (Å²) in [6, 6.07) is 0. The van der Waals surface area contributed by atoms with E-state index in [9.17, 15) is 0 Å². The van der Waals surface area contributed by atoms with Crippen LogP contribution in [0.3, 0.4) is 0 Å². The second kappa shape index (κ2) is 8.61. The Kier molecular flexibility index (Phi) is 9.53. The van der Waals surface area contributed by atoms with Crippen molar-refractivity contribution >= 4 is 0 Å². The van der Waals surface area contributed by atoms with Crippen molar-refractivity contribution in [3.8, 4) is 0 Å². The van der Waals surface area contributed by atoms with Gasteiger partial charge in [-0.3, -0.25) is 0 Å². The first-order chi connectivity index (χ1) is 6.49. The number of hydrogen-bond donors (Lipinski definition) is 1. The lowest BCUT2D eigenvalue weighted by Crippen LogP contribution is -2.05. The largest absolute Gasteiger partial charge is 0.399 e. The van der Waals surface area contributed by atoms with Crippen molar-refractivity contribution in [2.24, 2.45) is 11.7 Å². The van der Waals surface area contributed by atoms with Crippen molar-refractivity contribution in [3.05, 3.63) is 35.6 Å². The van der Waals surface area contributed by atoms with Gasteiger partial charge in [-0.05, 0) is 25.3 Å². The molecule has 0 aromatic rings. The monoisotopic (exact) mass is 195 g/mol. The number of nitrogens with two attached hydrogens (primary N) is 1. The molecule has 0 amide bonds.